The lowest BCUT2D eigenvalue weighted by molar-refractivity contribution is -0.192. The number of aliphatic hydroxyl groups is 1. The molecule has 0 unspecified atom stereocenters. The number of likely N-dealkylation sites (tertiary alicyclic amines) is 1. The van der Waals surface area contributed by atoms with E-state index < -0.39 is 31.3 Å². The minimum absolute atomic E-state index is 0.0720. The molecule has 0 bridgehead atoms. The van der Waals surface area contributed by atoms with Crippen molar-refractivity contribution in [2.75, 3.05) is 44.7 Å². The van der Waals surface area contributed by atoms with Gasteiger partial charge in [0.25, 0.3) is 12.3 Å². The number of benzene rings is 2. The van der Waals surface area contributed by atoms with E-state index in [0.29, 0.717) is 17.8 Å². The monoisotopic (exact) mass is 670 g/mol. The Bertz CT molecular complexity index is 1260. The van der Waals surface area contributed by atoms with Crippen molar-refractivity contribution in [1.29, 1.82) is 0 Å². The molecule has 244 valence electrons. The molecular weight excluding hydrogens is 638 g/mol. The molecule has 2 aromatic rings. The summed E-state index contributed by atoms with van der Waals surface area (Å²) in [6, 6.07) is 10.9. The molecule has 2 fully saturated rings. The third-order valence-corrected chi connectivity index (χ3v) is 7.66. The average molecular weight is 671 g/mol. The fourth-order valence-electron chi connectivity index (χ4n) is 4.94. The molecular formula is C28H33Cl2F5N4O5. The Morgan fingerprint density at radius 2 is 1.70 bits per heavy atom. The number of carboxylic acid groups (broad SMARTS) is 1. The number of anilines is 1. The van der Waals surface area contributed by atoms with E-state index in [0.717, 1.165) is 37.5 Å². The molecule has 0 radical (unpaired) electrons. The first-order valence-corrected chi connectivity index (χ1v) is 14.4. The van der Waals surface area contributed by atoms with Crippen LogP contribution in [0.3, 0.4) is 0 Å². The second-order valence-electron chi connectivity index (χ2n) is 10.3. The van der Waals surface area contributed by atoms with Gasteiger partial charge in [-0.05, 0) is 49.7 Å². The van der Waals surface area contributed by atoms with E-state index in [9.17, 15) is 31.9 Å². The molecule has 16 heteroatoms. The van der Waals surface area contributed by atoms with Crippen LogP contribution in [0.2, 0.25) is 10.0 Å². The number of hydrogen-bond donors (Lipinski definition) is 4. The van der Waals surface area contributed by atoms with Crippen LogP contribution in [0.15, 0.2) is 36.4 Å². The molecule has 2 aliphatic heterocycles. The van der Waals surface area contributed by atoms with Crippen LogP contribution < -0.4 is 20.3 Å². The van der Waals surface area contributed by atoms with Crippen LogP contribution in [-0.4, -0.2) is 97.6 Å². The fraction of sp³-hybridized carbons (Fsp3) is 0.500. The van der Waals surface area contributed by atoms with Crippen LogP contribution in [0.5, 0.6) is 5.75 Å². The van der Waals surface area contributed by atoms with Crippen LogP contribution >= 0.6 is 23.2 Å². The van der Waals surface area contributed by atoms with Gasteiger partial charge in [-0.2, -0.15) is 13.2 Å². The Morgan fingerprint density at radius 3 is 2.25 bits per heavy atom. The van der Waals surface area contributed by atoms with Crippen LogP contribution in [0.4, 0.5) is 27.6 Å². The lowest BCUT2D eigenvalue weighted by Gasteiger charge is -2.34. The number of carboxylic acids is 1. The normalized spacial score (nSPS) is 19.5. The number of carbonyl (C=O) groups is 2. The molecule has 0 spiro atoms. The number of piperidine rings is 1. The van der Waals surface area contributed by atoms with Crippen molar-refractivity contribution < 1.29 is 46.5 Å². The first kappa shape index (κ1) is 35.6. The fourth-order valence-corrected chi connectivity index (χ4v) is 5.28. The maximum absolute atomic E-state index is 12.7. The van der Waals surface area contributed by atoms with Gasteiger partial charge in [-0.15, -0.1) is 0 Å². The summed E-state index contributed by atoms with van der Waals surface area (Å²) >= 11 is 12.2. The molecule has 0 aliphatic carbocycles. The number of amides is 1. The standard InChI is InChI=1S/C26H32Cl2F2N4O3.C2HF3O2/c1-31-26(36)19-10-20(28)24(37-15-25(29)30)11-22(19)34-13-21(23(35)14-34)32-18-6-8-33(9-7-18)12-16-2-4-17(27)5-3-16;3-2(4,5)1(6)7/h2-5,10-11,18,21,23,25,32,35H,6-9,12-15H2,1H3,(H,31,36);(H,6,7)/t21-,23-;/m1./s1. The predicted octanol–water partition coefficient (Wildman–Crippen LogP) is 4.43. The minimum atomic E-state index is -5.08. The van der Waals surface area contributed by atoms with Crippen LogP contribution in [0, 0.1) is 0 Å². The lowest BCUT2D eigenvalue weighted by Crippen LogP contribution is -2.49. The van der Waals surface area contributed by atoms with Gasteiger partial charge in [0, 0.05) is 43.8 Å². The summed E-state index contributed by atoms with van der Waals surface area (Å²) in [4.78, 5) is 25.7. The van der Waals surface area contributed by atoms with E-state index in [4.69, 9.17) is 37.8 Å². The van der Waals surface area contributed by atoms with Gasteiger partial charge in [0.1, 0.15) is 12.4 Å². The smallest absolute Gasteiger partial charge is 0.486 e. The number of ether oxygens (including phenoxy) is 1. The van der Waals surface area contributed by atoms with Gasteiger partial charge >= 0.3 is 12.1 Å². The van der Waals surface area contributed by atoms with E-state index >= 15 is 0 Å². The van der Waals surface area contributed by atoms with E-state index in [1.54, 1.807) is 0 Å². The summed E-state index contributed by atoms with van der Waals surface area (Å²) in [5.74, 6) is -3.05. The predicted molar refractivity (Wildman–Crippen MR) is 155 cm³/mol. The Balaban J connectivity index is 0.000000676. The highest BCUT2D eigenvalue weighted by atomic mass is 35.5. The van der Waals surface area contributed by atoms with Gasteiger partial charge in [0.2, 0.25) is 0 Å². The van der Waals surface area contributed by atoms with E-state index in [-0.39, 0.29) is 35.3 Å². The summed E-state index contributed by atoms with van der Waals surface area (Å²) in [5.41, 5.74) is 2.00. The topological polar surface area (TPSA) is 114 Å². The molecule has 2 atom stereocenters. The van der Waals surface area contributed by atoms with Gasteiger partial charge in [-0.1, -0.05) is 35.3 Å². The summed E-state index contributed by atoms with van der Waals surface area (Å²) in [6.45, 7) is 2.69. The average Bonchev–Trinajstić information content (AvgIpc) is 3.33. The number of carbonyl (C=O) groups excluding carboxylic acids is 1. The molecule has 2 heterocycles. The molecule has 1 amide bonds. The van der Waals surface area contributed by atoms with Crippen molar-refractivity contribution >= 4 is 40.8 Å². The SMILES string of the molecule is CNC(=O)c1cc(Cl)c(OCC(F)F)cc1N1C[C@@H](O)[C@H](NC2CCN(Cc3ccc(Cl)cc3)CC2)C1.O=C(O)C(F)(F)F. The number of aliphatic hydroxyl groups excluding tert-OH is 1. The van der Waals surface area contributed by atoms with Crippen molar-refractivity contribution in [1.82, 2.24) is 15.5 Å². The molecule has 9 nitrogen and oxygen atoms in total. The van der Waals surface area contributed by atoms with Crippen molar-refractivity contribution in [3.63, 3.8) is 0 Å². The van der Waals surface area contributed by atoms with Crippen molar-refractivity contribution in [3.05, 3.63) is 57.6 Å². The third-order valence-electron chi connectivity index (χ3n) is 7.12. The van der Waals surface area contributed by atoms with Crippen molar-refractivity contribution in [2.24, 2.45) is 0 Å². The maximum atomic E-state index is 12.7. The number of hydrogen-bond acceptors (Lipinski definition) is 7. The second kappa shape index (κ2) is 15.9. The summed E-state index contributed by atoms with van der Waals surface area (Å²) < 4.78 is 62.3. The van der Waals surface area contributed by atoms with Crippen molar-refractivity contribution in [3.8, 4) is 5.75 Å². The Kier molecular flexibility index (Phi) is 12.8. The highest BCUT2D eigenvalue weighted by molar-refractivity contribution is 6.32. The van der Waals surface area contributed by atoms with E-state index in [1.165, 1.54) is 24.7 Å². The van der Waals surface area contributed by atoms with Gasteiger partial charge in [0.15, 0.2) is 0 Å². The largest absolute Gasteiger partial charge is 0.490 e. The molecule has 44 heavy (non-hydrogen) atoms. The Morgan fingerprint density at radius 1 is 1.09 bits per heavy atom. The molecule has 4 N–H and O–H groups in total. The highest BCUT2D eigenvalue weighted by Gasteiger charge is 2.38. The number of aliphatic carboxylic acids is 1. The van der Waals surface area contributed by atoms with Gasteiger partial charge in [-0.25, -0.2) is 13.6 Å². The number of halogens is 7. The first-order chi connectivity index (χ1) is 20.7. The minimum Gasteiger partial charge on any atom is -0.486 e. The Hall–Kier alpha value is -2.91. The zero-order valence-corrected chi connectivity index (χ0v) is 25.1. The van der Waals surface area contributed by atoms with E-state index in [1.807, 2.05) is 29.2 Å². The lowest BCUT2D eigenvalue weighted by atomic mass is 10.0. The number of nitrogens with one attached hydrogen (secondary N) is 2. The summed E-state index contributed by atoms with van der Waals surface area (Å²) in [6.07, 6.45) is -6.50. The summed E-state index contributed by atoms with van der Waals surface area (Å²) in [7, 11) is 1.50. The molecule has 4 rings (SSSR count). The summed E-state index contributed by atoms with van der Waals surface area (Å²) in [5, 5.41) is 24.9. The number of β-amino-alcohol motifs (C(OH)–C–C–N with tert-alkyl or cyclic N) is 1. The number of rotatable bonds is 9. The Labute approximate surface area is 260 Å². The zero-order chi connectivity index (χ0) is 32.6. The van der Waals surface area contributed by atoms with Gasteiger partial charge in [-0.3, -0.25) is 9.69 Å². The molecule has 2 aliphatic rings. The zero-order valence-electron chi connectivity index (χ0n) is 23.6. The molecule has 2 saturated heterocycles. The number of nitrogens with zero attached hydrogens (tertiary/aromatic N) is 2. The number of alkyl halides is 5. The molecule has 2 aromatic carbocycles. The quantitative estimate of drug-likeness (QED) is 0.290. The van der Waals surface area contributed by atoms with Crippen LogP contribution in [0.1, 0.15) is 28.8 Å². The van der Waals surface area contributed by atoms with Crippen LogP contribution in [0.25, 0.3) is 0 Å². The second-order valence-corrected chi connectivity index (χ2v) is 11.1. The van der Waals surface area contributed by atoms with E-state index in [2.05, 4.69) is 15.5 Å². The van der Waals surface area contributed by atoms with Gasteiger partial charge in [0.05, 0.1) is 28.4 Å². The van der Waals surface area contributed by atoms with Gasteiger partial charge < -0.3 is 30.5 Å². The molecule has 0 aromatic heterocycles. The molecule has 0 saturated carbocycles. The highest BCUT2D eigenvalue weighted by Crippen LogP contribution is 2.35. The van der Waals surface area contributed by atoms with Crippen molar-refractivity contribution in [2.45, 2.75) is 50.2 Å². The third kappa shape index (κ3) is 10.3. The maximum Gasteiger partial charge on any atom is 0.490 e. The van der Waals surface area contributed by atoms with Crippen LogP contribution in [-0.2, 0) is 11.3 Å². The first-order valence-electron chi connectivity index (χ1n) is 13.6.